The van der Waals surface area contributed by atoms with Gasteiger partial charge in [-0.25, -0.2) is 0 Å². The molecule has 0 bridgehead atoms. The number of hydrogen-bond acceptors (Lipinski definition) is 3. The van der Waals surface area contributed by atoms with Gasteiger partial charge in [-0.3, -0.25) is 4.90 Å². The van der Waals surface area contributed by atoms with E-state index in [1.54, 1.807) is 0 Å². The number of aliphatic hydroxyl groups excluding tert-OH is 1. The van der Waals surface area contributed by atoms with Crippen molar-refractivity contribution in [3.63, 3.8) is 0 Å². The zero-order valence-electron chi connectivity index (χ0n) is 11.6. The van der Waals surface area contributed by atoms with Crippen LogP contribution in [0, 0.1) is 0 Å². The Morgan fingerprint density at radius 2 is 2.00 bits per heavy atom. The lowest BCUT2D eigenvalue weighted by atomic mass is 9.99. The molecule has 3 atom stereocenters. The Morgan fingerprint density at radius 3 is 2.65 bits per heavy atom. The highest BCUT2D eigenvalue weighted by atomic mass is 16.3. The monoisotopic (exact) mass is 242 g/mol. The highest BCUT2D eigenvalue weighted by Crippen LogP contribution is 2.16. The molecule has 0 aliphatic carbocycles. The molecule has 0 aromatic rings. The molecule has 1 saturated heterocycles. The zero-order valence-corrected chi connectivity index (χ0v) is 11.6. The van der Waals surface area contributed by atoms with Gasteiger partial charge >= 0.3 is 0 Å². The molecule has 0 radical (unpaired) electrons. The number of nitrogens with two attached hydrogens (primary N) is 1. The molecule has 3 heteroatoms. The lowest BCUT2D eigenvalue weighted by Crippen LogP contribution is -2.52. The Balaban J connectivity index is 2.12. The summed E-state index contributed by atoms with van der Waals surface area (Å²) < 4.78 is 0. The van der Waals surface area contributed by atoms with Gasteiger partial charge in [0.1, 0.15) is 0 Å². The van der Waals surface area contributed by atoms with Crippen LogP contribution in [0.25, 0.3) is 0 Å². The number of rotatable bonds is 7. The molecule has 0 spiro atoms. The van der Waals surface area contributed by atoms with Gasteiger partial charge in [0.2, 0.25) is 0 Å². The maximum Gasteiger partial charge on any atom is 0.0818 e. The van der Waals surface area contributed by atoms with Crippen LogP contribution in [0.1, 0.15) is 58.8 Å². The normalized spacial score (nSPS) is 28.2. The SMILES string of the molecule is CCCCCCCC(C)N1CC[C@@H](N)[C@@H](O)C1. The summed E-state index contributed by atoms with van der Waals surface area (Å²) in [7, 11) is 0. The van der Waals surface area contributed by atoms with Gasteiger partial charge in [0.25, 0.3) is 0 Å². The molecule has 102 valence electrons. The first kappa shape index (κ1) is 14.9. The molecule has 1 rings (SSSR count). The van der Waals surface area contributed by atoms with Crippen LogP contribution in [0.15, 0.2) is 0 Å². The lowest BCUT2D eigenvalue weighted by molar-refractivity contribution is 0.0331. The average Bonchev–Trinajstić information content (AvgIpc) is 2.32. The Kier molecular flexibility index (Phi) is 7.09. The maximum absolute atomic E-state index is 9.77. The second kappa shape index (κ2) is 8.06. The molecule has 0 amide bonds. The summed E-state index contributed by atoms with van der Waals surface area (Å²) in [5.41, 5.74) is 5.82. The fraction of sp³-hybridized carbons (Fsp3) is 1.00. The quantitative estimate of drug-likeness (QED) is 0.672. The van der Waals surface area contributed by atoms with Crippen molar-refractivity contribution < 1.29 is 5.11 Å². The molecule has 1 heterocycles. The van der Waals surface area contributed by atoms with Crippen molar-refractivity contribution in [3.8, 4) is 0 Å². The van der Waals surface area contributed by atoms with E-state index in [0.717, 1.165) is 19.5 Å². The molecule has 17 heavy (non-hydrogen) atoms. The van der Waals surface area contributed by atoms with Crippen LogP contribution in [-0.4, -0.2) is 41.3 Å². The van der Waals surface area contributed by atoms with Crippen LogP contribution in [0.3, 0.4) is 0 Å². The first-order valence-corrected chi connectivity index (χ1v) is 7.32. The van der Waals surface area contributed by atoms with E-state index in [4.69, 9.17) is 5.73 Å². The van der Waals surface area contributed by atoms with E-state index in [-0.39, 0.29) is 12.1 Å². The van der Waals surface area contributed by atoms with Crippen LogP contribution < -0.4 is 5.73 Å². The molecule has 0 saturated carbocycles. The van der Waals surface area contributed by atoms with Gasteiger partial charge in [-0.15, -0.1) is 0 Å². The third-order valence-corrected chi connectivity index (χ3v) is 4.01. The summed E-state index contributed by atoms with van der Waals surface area (Å²) in [6.45, 7) is 6.34. The molecule has 0 aromatic heterocycles. The molecule has 1 unspecified atom stereocenters. The van der Waals surface area contributed by atoms with Crippen LogP contribution in [0.4, 0.5) is 0 Å². The highest BCUT2D eigenvalue weighted by molar-refractivity contribution is 4.84. The fourth-order valence-corrected chi connectivity index (χ4v) is 2.60. The van der Waals surface area contributed by atoms with Crippen molar-refractivity contribution in [2.75, 3.05) is 13.1 Å². The van der Waals surface area contributed by atoms with E-state index in [1.165, 1.54) is 38.5 Å². The summed E-state index contributed by atoms with van der Waals surface area (Å²) in [5, 5.41) is 9.77. The molecule has 0 aromatic carbocycles. The molecule has 1 aliphatic heterocycles. The Morgan fingerprint density at radius 1 is 1.29 bits per heavy atom. The number of β-amino-alcohol motifs (C(OH)–C–C–N with tert-alkyl or cyclic N) is 1. The molecule has 1 fully saturated rings. The van der Waals surface area contributed by atoms with Crippen molar-refractivity contribution >= 4 is 0 Å². The van der Waals surface area contributed by atoms with E-state index >= 15 is 0 Å². The Bertz CT molecular complexity index is 199. The number of hydrogen-bond donors (Lipinski definition) is 2. The van der Waals surface area contributed by atoms with Gasteiger partial charge < -0.3 is 10.8 Å². The number of aliphatic hydroxyl groups is 1. The van der Waals surface area contributed by atoms with Crippen LogP contribution in [-0.2, 0) is 0 Å². The van der Waals surface area contributed by atoms with E-state index in [1.807, 2.05) is 0 Å². The topological polar surface area (TPSA) is 49.5 Å². The Hall–Kier alpha value is -0.120. The van der Waals surface area contributed by atoms with Gasteiger partial charge in [0, 0.05) is 25.2 Å². The highest BCUT2D eigenvalue weighted by Gasteiger charge is 2.26. The van der Waals surface area contributed by atoms with Gasteiger partial charge in [0.05, 0.1) is 6.10 Å². The van der Waals surface area contributed by atoms with Crippen molar-refractivity contribution in [2.45, 2.75) is 77.0 Å². The summed E-state index contributed by atoms with van der Waals surface area (Å²) >= 11 is 0. The minimum absolute atomic E-state index is 0.0111. The molecule has 3 N–H and O–H groups in total. The van der Waals surface area contributed by atoms with E-state index in [0.29, 0.717) is 6.04 Å². The van der Waals surface area contributed by atoms with Crippen molar-refractivity contribution in [2.24, 2.45) is 5.73 Å². The molecular weight excluding hydrogens is 212 g/mol. The van der Waals surface area contributed by atoms with Crippen LogP contribution in [0.2, 0.25) is 0 Å². The van der Waals surface area contributed by atoms with E-state index in [2.05, 4.69) is 18.7 Å². The fourth-order valence-electron chi connectivity index (χ4n) is 2.60. The molecule has 3 nitrogen and oxygen atoms in total. The second-order valence-corrected chi connectivity index (χ2v) is 5.57. The zero-order chi connectivity index (χ0) is 12.7. The smallest absolute Gasteiger partial charge is 0.0818 e. The lowest BCUT2D eigenvalue weighted by Gasteiger charge is -2.37. The Labute approximate surface area is 106 Å². The van der Waals surface area contributed by atoms with Crippen LogP contribution >= 0.6 is 0 Å². The number of likely N-dealkylation sites (tertiary alicyclic amines) is 1. The van der Waals surface area contributed by atoms with Gasteiger partial charge in [-0.1, -0.05) is 39.0 Å². The number of piperidine rings is 1. The number of nitrogens with zero attached hydrogens (tertiary/aromatic N) is 1. The average molecular weight is 242 g/mol. The van der Waals surface area contributed by atoms with Crippen molar-refractivity contribution in [3.05, 3.63) is 0 Å². The van der Waals surface area contributed by atoms with Gasteiger partial charge in [-0.05, 0) is 19.8 Å². The third-order valence-electron chi connectivity index (χ3n) is 4.01. The minimum atomic E-state index is -0.328. The molecular formula is C14H30N2O. The predicted octanol–water partition coefficient (Wildman–Crippen LogP) is 2.13. The number of unbranched alkanes of at least 4 members (excludes halogenated alkanes) is 4. The van der Waals surface area contributed by atoms with Gasteiger partial charge in [0.15, 0.2) is 0 Å². The van der Waals surface area contributed by atoms with Gasteiger partial charge in [-0.2, -0.15) is 0 Å². The second-order valence-electron chi connectivity index (χ2n) is 5.57. The van der Waals surface area contributed by atoms with Crippen LogP contribution in [0.5, 0.6) is 0 Å². The minimum Gasteiger partial charge on any atom is -0.390 e. The molecule has 1 aliphatic rings. The third kappa shape index (κ3) is 5.36. The summed E-state index contributed by atoms with van der Waals surface area (Å²) in [5.74, 6) is 0. The summed E-state index contributed by atoms with van der Waals surface area (Å²) in [6.07, 6.45) is 8.58. The first-order valence-electron chi connectivity index (χ1n) is 7.32. The van der Waals surface area contributed by atoms with E-state index in [9.17, 15) is 5.11 Å². The predicted molar refractivity (Wildman–Crippen MR) is 73.0 cm³/mol. The van der Waals surface area contributed by atoms with Crippen molar-refractivity contribution in [1.82, 2.24) is 4.90 Å². The van der Waals surface area contributed by atoms with Crippen molar-refractivity contribution in [1.29, 1.82) is 0 Å². The van der Waals surface area contributed by atoms with E-state index < -0.39 is 0 Å². The first-order chi connectivity index (χ1) is 8.15. The standard InChI is InChI=1S/C14H30N2O/c1-3-4-5-6-7-8-12(2)16-10-9-13(15)14(17)11-16/h12-14,17H,3-11,15H2,1-2H3/t12?,13-,14+/m1/s1. The summed E-state index contributed by atoms with van der Waals surface area (Å²) in [6, 6.07) is 0.585. The largest absolute Gasteiger partial charge is 0.390 e. The summed E-state index contributed by atoms with van der Waals surface area (Å²) in [4.78, 5) is 2.40. The maximum atomic E-state index is 9.77.